The van der Waals surface area contributed by atoms with Gasteiger partial charge in [-0.15, -0.1) is 0 Å². The number of methoxy groups -OCH3 is 3. The molecule has 0 amide bonds. The fourth-order valence-electron chi connectivity index (χ4n) is 1.71. The Morgan fingerprint density at radius 2 is 1.79 bits per heavy atom. The van der Waals surface area contributed by atoms with Crippen LogP contribution in [0.15, 0.2) is 16.6 Å². The molecule has 0 bridgehead atoms. The zero-order valence-corrected chi connectivity index (χ0v) is 13.5. The van der Waals surface area contributed by atoms with Gasteiger partial charge in [-0.05, 0) is 31.0 Å². The summed E-state index contributed by atoms with van der Waals surface area (Å²) in [6, 6.07) is 4.31. The van der Waals surface area contributed by atoms with Crippen LogP contribution in [0, 0.1) is 0 Å². The molecule has 0 radical (unpaired) electrons. The second-order valence-electron chi connectivity index (χ2n) is 4.36. The maximum absolute atomic E-state index is 5.31. The summed E-state index contributed by atoms with van der Waals surface area (Å²) in [4.78, 5) is 0. The molecule has 0 aliphatic heterocycles. The molecule has 0 aliphatic carbocycles. The Bertz CT molecular complexity index is 399. The van der Waals surface area contributed by atoms with Crippen molar-refractivity contribution in [2.45, 2.75) is 25.9 Å². The van der Waals surface area contributed by atoms with E-state index in [1.807, 2.05) is 12.1 Å². The van der Waals surface area contributed by atoms with Gasteiger partial charge in [0.15, 0.2) is 11.5 Å². The Labute approximate surface area is 123 Å². The lowest BCUT2D eigenvalue weighted by Crippen LogP contribution is -2.26. The van der Waals surface area contributed by atoms with E-state index < -0.39 is 0 Å². The van der Waals surface area contributed by atoms with Gasteiger partial charge in [-0.25, -0.2) is 0 Å². The molecule has 4 nitrogen and oxygen atoms in total. The lowest BCUT2D eigenvalue weighted by atomic mass is 10.1. The molecule has 0 fully saturated rings. The SMILES string of the molecule is COCCC(C)NCc1cc(OC)c(OC)cc1Br. The Morgan fingerprint density at radius 1 is 1.16 bits per heavy atom. The Kier molecular flexibility index (Phi) is 7.20. The highest BCUT2D eigenvalue weighted by Crippen LogP contribution is 2.33. The van der Waals surface area contributed by atoms with Crippen LogP contribution in [0.25, 0.3) is 0 Å². The minimum atomic E-state index is 0.403. The summed E-state index contributed by atoms with van der Waals surface area (Å²) in [7, 11) is 5.00. The molecular weight excluding hydrogens is 310 g/mol. The number of rotatable bonds is 8. The third-order valence-corrected chi connectivity index (χ3v) is 3.69. The molecule has 0 aliphatic rings. The van der Waals surface area contributed by atoms with Crippen molar-refractivity contribution in [3.63, 3.8) is 0 Å². The van der Waals surface area contributed by atoms with Gasteiger partial charge in [0.25, 0.3) is 0 Å². The van der Waals surface area contributed by atoms with Gasteiger partial charge >= 0.3 is 0 Å². The van der Waals surface area contributed by atoms with Crippen LogP contribution in [-0.4, -0.2) is 34.0 Å². The van der Waals surface area contributed by atoms with Crippen LogP contribution in [0.3, 0.4) is 0 Å². The van der Waals surface area contributed by atoms with Gasteiger partial charge in [0.05, 0.1) is 14.2 Å². The van der Waals surface area contributed by atoms with Gasteiger partial charge in [-0.2, -0.15) is 0 Å². The second-order valence-corrected chi connectivity index (χ2v) is 5.22. The Morgan fingerprint density at radius 3 is 2.37 bits per heavy atom. The van der Waals surface area contributed by atoms with Crippen LogP contribution in [0.2, 0.25) is 0 Å². The summed E-state index contributed by atoms with van der Waals surface area (Å²) in [5, 5.41) is 3.46. The van der Waals surface area contributed by atoms with E-state index in [1.165, 1.54) is 0 Å². The first kappa shape index (κ1) is 16.3. The molecule has 5 heteroatoms. The van der Waals surface area contributed by atoms with E-state index in [2.05, 4.69) is 28.2 Å². The van der Waals surface area contributed by atoms with Crippen molar-refractivity contribution < 1.29 is 14.2 Å². The van der Waals surface area contributed by atoms with Crippen LogP contribution in [0.4, 0.5) is 0 Å². The molecule has 108 valence electrons. The smallest absolute Gasteiger partial charge is 0.161 e. The molecule has 0 spiro atoms. The van der Waals surface area contributed by atoms with E-state index in [0.29, 0.717) is 6.04 Å². The van der Waals surface area contributed by atoms with E-state index in [9.17, 15) is 0 Å². The first-order valence-electron chi connectivity index (χ1n) is 6.25. The lowest BCUT2D eigenvalue weighted by Gasteiger charge is -2.16. The van der Waals surface area contributed by atoms with Crippen molar-refractivity contribution in [2.24, 2.45) is 0 Å². The van der Waals surface area contributed by atoms with Crippen LogP contribution in [-0.2, 0) is 11.3 Å². The fraction of sp³-hybridized carbons (Fsp3) is 0.571. The van der Waals surface area contributed by atoms with Crippen molar-refractivity contribution in [1.82, 2.24) is 5.32 Å². The molecule has 1 aromatic rings. The van der Waals surface area contributed by atoms with Crippen molar-refractivity contribution in [2.75, 3.05) is 27.9 Å². The number of ether oxygens (including phenoxy) is 3. The number of hydrogen-bond donors (Lipinski definition) is 1. The molecule has 1 atom stereocenters. The molecule has 1 unspecified atom stereocenters. The molecule has 1 rings (SSSR count). The molecule has 0 heterocycles. The first-order valence-corrected chi connectivity index (χ1v) is 7.04. The summed E-state index contributed by atoms with van der Waals surface area (Å²) in [5.41, 5.74) is 1.14. The number of benzene rings is 1. The zero-order valence-electron chi connectivity index (χ0n) is 12.0. The van der Waals surface area contributed by atoms with Gasteiger partial charge in [0, 0.05) is 30.8 Å². The third kappa shape index (κ3) is 5.01. The predicted molar refractivity (Wildman–Crippen MR) is 80.0 cm³/mol. The minimum absolute atomic E-state index is 0.403. The van der Waals surface area contributed by atoms with Gasteiger partial charge in [-0.1, -0.05) is 15.9 Å². The Hall–Kier alpha value is -0.780. The first-order chi connectivity index (χ1) is 9.12. The minimum Gasteiger partial charge on any atom is -0.493 e. The topological polar surface area (TPSA) is 39.7 Å². The highest BCUT2D eigenvalue weighted by Gasteiger charge is 2.10. The van der Waals surface area contributed by atoms with E-state index >= 15 is 0 Å². The van der Waals surface area contributed by atoms with Crippen molar-refractivity contribution in [3.8, 4) is 11.5 Å². The van der Waals surface area contributed by atoms with Crippen LogP contribution in [0.5, 0.6) is 11.5 Å². The van der Waals surface area contributed by atoms with E-state index in [0.717, 1.165) is 41.1 Å². The van der Waals surface area contributed by atoms with Crippen molar-refractivity contribution in [3.05, 3.63) is 22.2 Å². The number of halogens is 1. The highest BCUT2D eigenvalue weighted by molar-refractivity contribution is 9.10. The molecule has 0 saturated heterocycles. The molecule has 1 aromatic carbocycles. The second kappa shape index (κ2) is 8.40. The summed E-state index contributed by atoms with van der Waals surface area (Å²) >= 11 is 3.55. The molecule has 0 saturated carbocycles. The van der Waals surface area contributed by atoms with Crippen LogP contribution < -0.4 is 14.8 Å². The molecule has 1 N–H and O–H groups in total. The van der Waals surface area contributed by atoms with Gasteiger partial charge in [-0.3, -0.25) is 0 Å². The average Bonchev–Trinajstić information content (AvgIpc) is 2.43. The molecule has 0 aromatic heterocycles. The zero-order chi connectivity index (χ0) is 14.3. The summed E-state index contributed by atoms with van der Waals surface area (Å²) in [6.07, 6.45) is 0.988. The summed E-state index contributed by atoms with van der Waals surface area (Å²) in [6.45, 7) is 3.68. The molecule has 19 heavy (non-hydrogen) atoms. The van der Waals surface area contributed by atoms with E-state index in [1.54, 1.807) is 21.3 Å². The average molecular weight is 332 g/mol. The van der Waals surface area contributed by atoms with Gasteiger partial charge in [0.2, 0.25) is 0 Å². The van der Waals surface area contributed by atoms with Gasteiger partial charge < -0.3 is 19.5 Å². The van der Waals surface area contributed by atoms with Crippen molar-refractivity contribution >= 4 is 15.9 Å². The summed E-state index contributed by atoms with van der Waals surface area (Å²) in [5.74, 6) is 1.47. The Balaban J connectivity index is 2.67. The maximum atomic E-state index is 5.31. The fourth-order valence-corrected chi connectivity index (χ4v) is 2.18. The van der Waals surface area contributed by atoms with Crippen LogP contribution in [0.1, 0.15) is 18.9 Å². The monoisotopic (exact) mass is 331 g/mol. The molecular formula is C14H22BrNO3. The number of nitrogens with one attached hydrogen (secondary N) is 1. The largest absolute Gasteiger partial charge is 0.493 e. The third-order valence-electron chi connectivity index (χ3n) is 2.95. The predicted octanol–water partition coefficient (Wildman–Crippen LogP) is 2.98. The quantitative estimate of drug-likeness (QED) is 0.794. The maximum Gasteiger partial charge on any atom is 0.161 e. The van der Waals surface area contributed by atoms with E-state index in [4.69, 9.17) is 14.2 Å². The summed E-state index contributed by atoms with van der Waals surface area (Å²) < 4.78 is 16.6. The highest BCUT2D eigenvalue weighted by atomic mass is 79.9. The van der Waals surface area contributed by atoms with E-state index in [-0.39, 0.29) is 0 Å². The van der Waals surface area contributed by atoms with Crippen molar-refractivity contribution in [1.29, 1.82) is 0 Å². The van der Waals surface area contributed by atoms with Crippen LogP contribution >= 0.6 is 15.9 Å². The standard InChI is InChI=1S/C14H22BrNO3/c1-10(5-6-17-2)16-9-11-7-13(18-3)14(19-4)8-12(11)15/h7-8,10,16H,5-6,9H2,1-4H3. The lowest BCUT2D eigenvalue weighted by molar-refractivity contribution is 0.184. The number of hydrogen-bond acceptors (Lipinski definition) is 4. The van der Waals surface area contributed by atoms with Gasteiger partial charge in [0.1, 0.15) is 0 Å². The normalized spacial score (nSPS) is 12.3.